The summed E-state index contributed by atoms with van der Waals surface area (Å²) in [6.45, 7) is 12.7. The van der Waals surface area contributed by atoms with Gasteiger partial charge in [-0.1, -0.05) is 48.5 Å². The second-order valence-corrected chi connectivity index (χ2v) is 15.4. The molecule has 0 amide bonds. The molecular formula is C50H56N2O4. The molecule has 0 aromatic heterocycles. The van der Waals surface area contributed by atoms with E-state index < -0.39 is 0 Å². The monoisotopic (exact) mass is 748 g/mol. The summed E-state index contributed by atoms with van der Waals surface area (Å²) in [6.07, 6.45) is 1.24. The van der Waals surface area contributed by atoms with Gasteiger partial charge in [0, 0.05) is 72.4 Å². The first kappa shape index (κ1) is 40.4. The number of nitrogens with zero attached hydrogens (tertiary/aromatic N) is 2. The summed E-state index contributed by atoms with van der Waals surface area (Å²) in [5, 5.41) is 38.5. The van der Waals surface area contributed by atoms with Gasteiger partial charge in [-0.2, -0.15) is 0 Å². The second-order valence-electron chi connectivity index (χ2n) is 15.4. The summed E-state index contributed by atoms with van der Waals surface area (Å²) in [5.74, 6) is -0.343. The quantitative estimate of drug-likeness (QED) is 0.0837. The summed E-state index contributed by atoms with van der Waals surface area (Å²) in [4.78, 5) is 4.61. The van der Waals surface area contributed by atoms with Crippen LogP contribution in [-0.2, 0) is 12.8 Å². The van der Waals surface area contributed by atoms with Crippen molar-refractivity contribution in [2.24, 2.45) is 11.8 Å². The van der Waals surface area contributed by atoms with E-state index in [-0.39, 0.29) is 38.3 Å². The van der Waals surface area contributed by atoms with Gasteiger partial charge in [-0.3, -0.25) is 0 Å². The fourth-order valence-electron chi connectivity index (χ4n) is 7.36. The molecule has 0 aliphatic rings. The zero-order valence-electron chi connectivity index (χ0n) is 33.6. The molecule has 4 N–H and O–H groups in total. The lowest BCUT2D eigenvalue weighted by Crippen LogP contribution is -2.15. The van der Waals surface area contributed by atoms with Crippen molar-refractivity contribution in [1.29, 1.82) is 0 Å². The maximum Gasteiger partial charge on any atom is 0.0491 e. The van der Waals surface area contributed by atoms with Gasteiger partial charge in [0.25, 0.3) is 0 Å². The Morgan fingerprint density at radius 1 is 0.357 bits per heavy atom. The maximum atomic E-state index is 9.64. The molecule has 0 saturated heterocycles. The van der Waals surface area contributed by atoms with Crippen LogP contribution < -0.4 is 9.80 Å². The molecule has 6 aromatic rings. The van der Waals surface area contributed by atoms with Crippen molar-refractivity contribution in [3.05, 3.63) is 166 Å². The van der Waals surface area contributed by atoms with E-state index in [1.165, 1.54) is 22.3 Å². The van der Waals surface area contributed by atoms with Gasteiger partial charge in [-0.25, -0.2) is 0 Å². The van der Waals surface area contributed by atoms with Crippen molar-refractivity contribution in [3.63, 3.8) is 0 Å². The van der Waals surface area contributed by atoms with E-state index in [1.807, 2.05) is 0 Å². The first-order valence-corrected chi connectivity index (χ1v) is 19.6. The Kier molecular flexibility index (Phi) is 13.1. The highest BCUT2D eigenvalue weighted by molar-refractivity contribution is 5.83. The fraction of sp³-hybridized carbons (Fsp3) is 0.280. The zero-order chi connectivity index (χ0) is 39.9. The number of aliphatic hydroxyl groups is 4. The van der Waals surface area contributed by atoms with Crippen molar-refractivity contribution < 1.29 is 20.4 Å². The van der Waals surface area contributed by atoms with Crippen LogP contribution in [0.1, 0.15) is 44.5 Å². The largest absolute Gasteiger partial charge is 0.396 e. The molecule has 290 valence electrons. The van der Waals surface area contributed by atoms with E-state index in [2.05, 4.69) is 173 Å². The molecule has 0 bridgehead atoms. The molecule has 0 aliphatic carbocycles. The molecule has 0 radical (unpaired) electrons. The second kappa shape index (κ2) is 18.1. The number of hydrogen-bond acceptors (Lipinski definition) is 6. The molecular weight excluding hydrogens is 693 g/mol. The molecule has 56 heavy (non-hydrogen) atoms. The van der Waals surface area contributed by atoms with Gasteiger partial charge in [0.1, 0.15) is 0 Å². The normalized spacial score (nSPS) is 11.4. The summed E-state index contributed by atoms with van der Waals surface area (Å²) in [7, 11) is 0. The predicted molar refractivity (Wildman–Crippen MR) is 232 cm³/mol. The molecule has 0 saturated carbocycles. The Morgan fingerprint density at radius 3 is 1.00 bits per heavy atom. The van der Waals surface area contributed by atoms with Crippen molar-refractivity contribution in [2.45, 2.75) is 54.4 Å². The lowest BCUT2D eigenvalue weighted by Gasteiger charge is -2.29. The highest BCUT2D eigenvalue weighted by atomic mass is 16.3. The molecule has 6 heteroatoms. The van der Waals surface area contributed by atoms with Crippen molar-refractivity contribution in [1.82, 2.24) is 0 Å². The number of aliphatic hydroxyl groups excluding tert-OH is 4. The summed E-state index contributed by atoms with van der Waals surface area (Å²) < 4.78 is 0. The van der Waals surface area contributed by atoms with Gasteiger partial charge in [-0.05, 0) is 183 Å². The van der Waals surface area contributed by atoms with Crippen molar-refractivity contribution in [2.75, 3.05) is 36.2 Å². The van der Waals surface area contributed by atoms with Gasteiger partial charge in [-0.15, -0.1) is 0 Å². The summed E-state index contributed by atoms with van der Waals surface area (Å²) in [6, 6.07) is 43.4. The lowest BCUT2D eigenvalue weighted by molar-refractivity contribution is 0.150. The Morgan fingerprint density at radius 2 is 0.696 bits per heavy atom. The Labute approximate surface area is 333 Å². The Hall–Kier alpha value is -5.24. The highest BCUT2D eigenvalue weighted by Crippen LogP contribution is 2.41. The standard InChI is InChI=1S/C50H56N2O4/c1-33-7-15-47(25-35(33)3)51(45-17-9-39(10-18-45)27-41(29-53)30-54)49-21-13-43(23-37(49)5)44-14-22-50(38(6)24-44)52(48-16-8-34(2)36(4)26-48)46-19-11-40(12-20-46)28-42(31-55)32-56/h7-26,41-42,53-56H,27-32H2,1-6H3. The number of benzene rings is 6. The van der Waals surface area contributed by atoms with E-state index in [9.17, 15) is 20.4 Å². The average molecular weight is 749 g/mol. The molecule has 6 rings (SSSR count). The van der Waals surface area contributed by atoms with Crippen LogP contribution >= 0.6 is 0 Å². The van der Waals surface area contributed by atoms with Crippen LogP contribution in [0.3, 0.4) is 0 Å². The molecule has 6 nitrogen and oxygen atoms in total. The third kappa shape index (κ3) is 9.07. The molecule has 6 aromatic carbocycles. The first-order chi connectivity index (χ1) is 27.0. The molecule has 0 fully saturated rings. The number of aryl methyl sites for hydroxylation is 6. The topological polar surface area (TPSA) is 87.4 Å². The van der Waals surface area contributed by atoms with E-state index >= 15 is 0 Å². The molecule has 0 heterocycles. The third-order valence-electron chi connectivity index (χ3n) is 11.2. The van der Waals surface area contributed by atoms with E-state index in [4.69, 9.17) is 0 Å². The number of hydrogen-bond donors (Lipinski definition) is 4. The molecule has 0 unspecified atom stereocenters. The van der Waals surface area contributed by atoms with Gasteiger partial charge < -0.3 is 30.2 Å². The number of anilines is 6. The van der Waals surface area contributed by atoms with Crippen LogP contribution in [0, 0.1) is 53.4 Å². The van der Waals surface area contributed by atoms with E-state index in [0.717, 1.165) is 67.5 Å². The minimum absolute atomic E-state index is 0.0426. The van der Waals surface area contributed by atoms with Crippen molar-refractivity contribution in [3.8, 4) is 11.1 Å². The minimum atomic E-state index is -0.172. The van der Waals surface area contributed by atoms with Gasteiger partial charge >= 0.3 is 0 Å². The fourth-order valence-corrected chi connectivity index (χ4v) is 7.36. The number of rotatable bonds is 15. The first-order valence-electron chi connectivity index (χ1n) is 19.6. The predicted octanol–water partition coefficient (Wildman–Crippen LogP) is 10.4. The van der Waals surface area contributed by atoms with Crippen molar-refractivity contribution >= 4 is 34.1 Å². The maximum absolute atomic E-state index is 9.64. The van der Waals surface area contributed by atoms with E-state index in [0.29, 0.717) is 12.8 Å². The van der Waals surface area contributed by atoms with Crippen LogP contribution in [-0.4, -0.2) is 46.9 Å². The van der Waals surface area contributed by atoms with Gasteiger partial charge in [0.2, 0.25) is 0 Å². The average Bonchev–Trinajstić information content (AvgIpc) is 3.21. The summed E-state index contributed by atoms with van der Waals surface area (Å²) >= 11 is 0. The van der Waals surface area contributed by atoms with Gasteiger partial charge in [0.05, 0.1) is 0 Å². The highest BCUT2D eigenvalue weighted by Gasteiger charge is 2.19. The summed E-state index contributed by atoms with van der Waals surface area (Å²) in [5.41, 5.74) is 18.1. The minimum Gasteiger partial charge on any atom is -0.396 e. The van der Waals surface area contributed by atoms with Crippen LogP contribution in [0.5, 0.6) is 0 Å². The lowest BCUT2D eigenvalue weighted by atomic mass is 9.97. The van der Waals surface area contributed by atoms with Crippen LogP contribution in [0.15, 0.2) is 121 Å². The molecule has 0 spiro atoms. The van der Waals surface area contributed by atoms with E-state index in [1.54, 1.807) is 0 Å². The van der Waals surface area contributed by atoms with Crippen LogP contribution in [0.25, 0.3) is 11.1 Å². The third-order valence-corrected chi connectivity index (χ3v) is 11.2. The van der Waals surface area contributed by atoms with Gasteiger partial charge in [0.15, 0.2) is 0 Å². The van der Waals surface area contributed by atoms with Crippen LogP contribution in [0.2, 0.25) is 0 Å². The zero-order valence-corrected chi connectivity index (χ0v) is 33.6. The Balaban J connectivity index is 1.35. The smallest absolute Gasteiger partial charge is 0.0491 e. The molecule has 0 atom stereocenters. The molecule has 0 aliphatic heterocycles. The Bertz CT molecular complexity index is 2080. The SMILES string of the molecule is Cc1ccc(N(c2ccc(CC(CO)CO)cc2)c2ccc(-c3ccc(N(c4ccc(CC(CO)CO)cc4)c4ccc(C)c(C)c4)c(C)c3)cc2C)cc1C. The van der Waals surface area contributed by atoms with Crippen LogP contribution in [0.4, 0.5) is 34.1 Å².